The zero-order valence-corrected chi connectivity index (χ0v) is 15.1. The third-order valence-electron chi connectivity index (χ3n) is 3.94. The highest BCUT2D eigenvalue weighted by molar-refractivity contribution is 7.15. The maximum Gasteiger partial charge on any atom is 0.416 e. The van der Waals surface area contributed by atoms with Gasteiger partial charge in [-0.1, -0.05) is 17.4 Å². The van der Waals surface area contributed by atoms with Crippen LogP contribution >= 0.6 is 11.3 Å². The quantitative estimate of drug-likeness (QED) is 0.849. The monoisotopic (exact) mass is 399 g/mol. The van der Waals surface area contributed by atoms with Crippen LogP contribution in [0.25, 0.3) is 0 Å². The van der Waals surface area contributed by atoms with Gasteiger partial charge in [-0.15, -0.1) is 0 Å². The molecule has 2 aromatic rings. The topological polar surface area (TPSA) is 71.5 Å². The first kappa shape index (κ1) is 19.2. The van der Waals surface area contributed by atoms with E-state index in [1.54, 1.807) is 6.92 Å². The van der Waals surface area contributed by atoms with Crippen molar-refractivity contribution in [1.82, 2.24) is 9.88 Å². The van der Waals surface area contributed by atoms with E-state index < -0.39 is 23.7 Å². The van der Waals surface area contributed by atoms with Gasteiger partial charge in [-0.25, -0.2) is 9.78 Å². The number of aromatic nitrogens is 1. The maximum absolute atomic E-state index is 12.9. The number of halogens is 3. The van der Waals surface area contributed by atoms with Crippen LogP contribution < -0.4 is 5.32 Å². The lowest BCUT2D eigenvalue weighted by atomic mass is 10.1. The van der Waals surface area contributed by atoms with Gasteiger partial charge < -0.3 is 9.64 Å². The number of thiazole rings is 1. The molecule has 0 bridgehead atoms. The molecule has 0 atom stereocenters. The molecule has 144 valence electrons. The Labute approximate surface area is 157 Å². The number of carbonyl (C=O) groups excluding carboxylic acids is 2. The Hall–Kier alpha value is -2.62. The summed E-state index contributed by atoms with van der Waals surface area (Å²) in [4.78, 5) is 30.7. The van der Waals surface area contributed by atoms with Crippen molar-refractivity contribution in [3.05, 3.63) is 46.0 Å². The Morgan fingerprint density at radius 1 is 1.37 bits per heavy atom. The highest BCUT2D eigenvalue weighted by Crippen LogP contribution is 2.31. The van der Waals surface area contributed by atoms with E-state index in [1.165, 1.54) is 28.4 Å². The summed E-state index contributed by atoms with van der Waals surface area (Å²) in [6.45, 7) is 2.48. The highest BCUT2D eigenvalue weighted by Gasteiger charge is 2.32. The predicted molar refractivity (Wildman–Crippen MR) is 92.6 cm³/mol. The van der Waals surface area contributed by atoms with Crippen LogP contribution in [0.4, 0.5) is 23.1 Å². The molecular weight excluding hydrogens is 383 g/mol. The smallest absolute Gasteiger partial charge is 0.416 e. The summed E-state index contributed by atoms with van der Waals surface area (Å²) in [6, 6.07) is 4.38. The van der Waals surface area contributed by atoms with Crippen molar-refractivity contribution in [2.24, 2.45) is 0 Å². The molecule has 6 nitrogen and oxygen atoms in total. The molecule has 2 heterocycles. The van der Waals surface area contributed by atoms with Gasteiger partial charge in [0.1, 0.15) is 0 Å². The third kappa shape index (κ3) is 4.38. The number of nitrogens with one attached hydrogen (secondary N) is 1. The van der Waals surface area contributed by atoms with E-state index in [-0.39, 0.29) is 18.7 Å². The first-order valence-electron chi connectivity index (χ1n) is 8.17. The summed E-state index contributed by atoms with van der Waals surface area (Å²) in [5.74, 6) is -0.472. The lowest BCUT2D eigenvalue weighted by molar-refractivity contribution is -0.137. The van der Waals surface area contributed by atoms with Crippen LogP contribution in [0.15, 0.2) is 24.3 Å². The average Bonchev–Trinajstić information content (AvgIpc) is 3.01. The number of nitrogens with zero attached hydrogens (tertiary/aromatic N) is 2. The molecule has 27 heavy (non-hydrogen) atoms. The fourth-order valence-corrected chi connectivity index (χ4v) is 3.70. The van der Waals surface area contributed by atoms with Crippen LogP contribution in [0.2, 0.25) is 0 Å². The molecule has 0 radical (unpaired) electrons. The number of rotatable bonds is 3. The van der Waals surface area contributed by atoms with E-state index in [0.717, 1.165) is 22.7 Å². The van der Waals surface area contributed by atoms with Crippen molar-refractivity contribution in [2.45, 2.75) is 26.1 Å². The van der Waals surface area contributed by atoms with E-state index in [1.807, 2.05) is 0 Å². The van der Waals surface area contributed by atoms with Crippen LogP contribution in [-0.4, -0.2) is 35.0 Å². The first-order valence-corrected chi connectivity index (χ1v) is 8.98. The molecule has 0 saturated carbocycles. The molecule has 1 aromatic heterocycles. The Morgan fingerprint density at radius 2 is 2.15 bits per heavy atom. The van der Waals surface area contributed by atoms with E-state index in [4.69, 9.17) is 4.74 Å². The lowest BCUT2D eigenvalue weighted by Crippen LogP contribution is -2.35. The number of anilines is 1. The minimum atomic E-state index is -4.50. The number of carbonyl (C=O) groups is 2. The zero-order chi connectivity index (χ0) is 19.6. The second-order valence-corrected chi connectivity index (χ2v) is 6.87. The van der Waals surface area contributed by atoms with Gasteiger partial charge in [0.05, 0.1) is 24.4 Å². The van der Waals surface area contributed by atoms with E-state index in [0.29, 0.717) is 18.1 Å². The number of benzene rings is 1. The molecule has 0 saturated heterocycles. The summed E-state index contributed by atoms with van der Waals surface area (Å²) >= 11 is 1.22. The van der Waals surface area contributed by atoms with Gasteiger partial charge in [-0.3, -0.25) is 10.1 Å². The van der Waals surface area contributed by atoms with Gasteiger partial charge in [0.25, 0.3) is 5.91 Å². The number of hydrogen-bond acceptors (Lipinski definition) is 5. The van der Waals surface area contributed by atoms with Crippen molar-refractivity contribution in [2.75, 3.05) is 18.5 Å². The zero-order valence-electron chi connectivity index (χ0n) is 14.3. The molecule has 1 aliphatic rings. The minimum Gasteiger partial charge on any atom is -0.450 e. The summed E-state index contributed by atoms with van der Waals surface area (Å²) < 4.78 is 43.4. The highest BCUT2D eigenvalue weighted by atomic mass is 32.1. The second kappa shape index (κ2) is 7.55. The van der Waals surface area contributed by atoms with Crippen LogP contribution in [0.5, 0.6) is 0 Å². The Bertz CT molecular complexity index is 867. The summed E-state index contributed by atoms with van der Waals surface area (Å²) in [5.41, 5.74) is -0.104. The van der Waals surface area contributed by atoms with Crippen molar-refractivity contribution >= 4 is 28.5 Å². The molecule has 0 unspecified atom stereocenters. The van der Waals surface area contributed by atoms with Crippen LogP contribution in [-0.2, 0) is 23.9 Å². The van der Waals surface area contributed by atoms with Crippen LogP contribution in [0, 0.1) is 0 Å². The van der Waals surface area contributed by atoms with Crippen LogP contribution in [0.3, 0.4) is 0 Å². The lowest BCUT2D eigenvalue weighted by Gasteiger charge is -2.26. The fourth-order valence-electron chi connectivity index (χ4n) is 2.69. The first-order chi connectivity index (χ1) is 12.8. The van der Waals surface area contributed by atoms with Crippen molar-refractivity contribution < 1.29 is 27.5 Å². The molecule has 0 spiro atoms. The molecule has 1 aliphatic heterocycles. The van der Waals surface area contributed by atoms with Gasteiger partial charge in [0, 0.05) is 23.4 Å². The van der Waals surface area contributed by atoms with Crippen molar-refractivity contribution in [3.8, 4) is 0 Å². The molecule has 10 heteroatoms. The molecule has 0 fully saturated rings. The standard InChI is InChI=1S/C17H16F3N3O3S/c1-2-26-16(25)22-15-21-12-6-7-23(9-13(12)27-15)14(24)10-4-3-5-11(8-10)17(18,19)20/h3-5,8H,2,6-7,9H2,1H3,(H,21,22,25). The van der Waals surface area contributed by atoms with E-state index in [2.05, 4.69) is 10.3 Å². The molecule has 1 aromatic carbocycles. The number of alkyl halides is 3. The van der Waals surface area contributed by atoms with Gasteiger partial charge in [-0.05, 0) is 25.1 Å². The van der Waals surface area contributed by atoms with Gasteiger partial charge >= 0.3 is 12.3 Å². The Kier molecular flexibility index (Phi) is 5.36. The minimum absolute atomic E-state index is 0.0114. The molecule has 3 rings (SSSR count). The summed E-state index contributed by atoms with van der Waals surface area (Å²) in [6.07, 6.45) is -4.65. The molecule has 2 amide bonds. The molecule has 1 N–H and O–H groups in total. The fraction of sp³-hybridized carbons (Fsp3) is 0.353. The summed E-state index contributed by atoms with van der Waals surface area (Å²) in [5, 5.41) is 2.89. The average molecular weight is 399 g/mol. The number of hydrogen-bond donors (Lipinski definition) is 1. The van der Waals surface area contributed by atoms with Gasteiger partial charge in [0.2, 0.25) is 0 Å². The number of fused-ring (bicyclic) bond motifs is 1. The maximum atomic E-state index is 12.9. The van der Waals surface area contributed by atoms with Gasteiger partial charge in [-0.2, -0.15) is 13.2 Å². The number of amides is 2. The molecule has 0 aliphatic carbocycles. The second-order valence-electron chi connectivity index (χ2n) is 5.79. The summed E-state index contributed by atoms with van der Waals surface area (Å²) in [7, 11) is 0. The SMILES string of the molecule is CCOC(=O)Nc1nc2c(s1)CN(C(=O)c1cccc(C(F)(F)F)c1)CC2. The van der Waals surface area contributed by atoms with Crippen LogP contribution in [0.1, 0.15) is 33.4 Å². The molecular formula is C17H16F3N3O3S. The number of ether oxygens (including phenoxy) is 1. The predicted octanol–water partition coefficient (Wildman–Crippen LogP) is 3.93. The van der Waals surface area contributed by atoms with E-state index >= 15 is 0 Å². The van der Waals surface area contributed by atoms with E-state index in [9.17, 15) is 22.8 Å². The third-order valence-corrected chi connectivity index (χ3v) is 4.94. The Morgan fingerprint density at radius 3 is 2.85 bits per heavy atom. The Balaban J connectivity index is 1.73. The van der Waals surface area contributed by atoms with Crippen molar-refractivity contribution in [3.63, 3.8) is 0 Å². The van der Waals surface area contributed by atoms with Crippen molar-refractivity contribution in [1.29, 1.82) is 0 Å². The largest absolute Gasteiger partial charge is 0.450 e. The van der Waals surface area contributed by atoms with Gasteiger partial charge in [0.15, 0.2) is 5.13 Å². The normalized spacial score (nSPS) is 13.9.